The number of aliphatic imine (C=N–C) groups is 1. The molecule has 0 radical (unpaired) electrons. The molecule has 0 saturated heterocycles. The first-order chi connectivity index (χ1) is 12.1. The zero-order chi connectivity index (χ0) is 18.2. The Kier molecular flexibility index (Phi) is 6.45. The van der Waals surface area contributed by atoms with Crippen LogP contribution in [0.25, 0.3) is 0 Å². The SMILES string of the molecule is COc1ccc(CN=C(N)NCc2ccc(OC)c(OC)c2)cc1F. The smallest absolute Gasteiger partial charge is 0.189 e. The third-order valence-electron chi connectivity index (χ3n) is 3.57. The van der Waals surface area contributed by atoms with E-state index in [2.05, 4.69) is 10.3 Å². The van der Waals surface area contributed by atoms with Crippen LogP contribution in [-0.4, -0.2) is 27.3 Å². The predicted molar refractivity (Wildman–Crippen MR) is 94.7 cm³/mol. The predicted octanol–water partition coefficient (Wildman–Crippen LogP) is 2.46. The van der Waals surface area contributed by atoms with E-state index in [1.165, 1.54) is 13.2 Å². The first kappa shape index (κ1) is 18.4. The minimum Gasteiger partial charge on any atom is -0.494 e. The summed E-state index contributed by atoms with van der Waals surface area (Å²) in [5.41, 5.74) is 7.52. The van der Waals surface area contributed by atoms with Gasteiger partial charge in [-0.1, -0.05) is 12.1 Å². The number of nitrogens with zero attached hydrogens (tertiary/aromatic N) is 1. The van der Waals surface area contributed by atoms with Crippen molar-refractivity contribution < 1.29 is 18.6 Å². The van der Waals surface area contributed by atoms with Crippen molar-refractivity contribution in [3.63, 3.8) is 0 Å². The molecule has 134 valence electrons. The molecule has 0 heterocycles. The van der Waals surface area contributed by atoms with Crippen LogP contribution in [0.15, 0.2) is 41.4 Å². The van der Waals surface area contributed by atoms with Crippen molar-refractivity contribution in [1.29, 1.82) is 0 Å². The van der Waals surface area contributed by atoms with Gasteiger partial charge in [-0.05, 0) is 35.4 Å². The van der Waals surface area contributed by atoms with E-state index in [1.54, 1.807) is 26.4 Å². The van der Waals surface area contributed by atoms with E-state index in [0.717, 1.165) is 5.56 Å². The molecule has 2 aromatic rings. The highest BCUT2D eigenvalue weighted by molar-refractivity contribution is 5.77. The van der Waals surface area contributed by atoms with Crippen LogP contribution in [0.3, 0.4) is 0 Å². The lowest BCUT2D eigenvalue weighted by atomic mass is 10.2. The Morgan fingerprint density at radius 2 is 1.60 bits per heavy atom. The Morgan fingerprint density at radius 1 is 0.960 bits per heavy atom. The number of methoxy groups -OCH3 is 3. The van der Waals surface area contributed by atoms with Gasteiger partial charge in [-0.3, -0.25) is 0 Å². The Labute approximate surface area is 146 Å². The Balaban J connectivity index is 1.94. The van der Waals surface area contributed by atoms with Gasteiger partial charge in [0.2, 0.25) is 0 Å². The van der Waals surface area contributed by atoms with Crippen LogP contribution in [0.2, 0.25) is 0 Å². The maximum atomic E-state index is 13.6. The van der Waals surface area contributed by atoms with E-state index in [0.29, 0.717) is 23.6 Å². The number of hydrogen-bond donors (Lipinski definition) is 2. The molecule has 0 aliphatic carbocycles. The number of rotatable bonds is 7. The van der Waals surface area contributed by atoms with Crippen LogP contribution in [0.5, 0.6) is 17.2 Å². The Hall–Kier alpha value is -2.96. The van der Waals surface area contributed by atoms with Gasteiger partial charge >= 0.3 is 0 Å². The highest BCUT2D eigenvalue weighted by Crippen LogP contribution is 2.27. The molecule has 6 nitrogen and oxygen atoms in total. The minimum atomic E-state index is -0.424. The zero-order valence-electron chi connectivity index (χ0n) is 14.5. The summed E-state index contributed by atoms with van der Waals surface area (Å²) in [6, 6.07) is 10.3. The van der Waals surface area contributed by atoms with Crippen LogP contribution in [0.1, 0.15) is 11.1 Å². The van der Waals surface area contributed by atoms with Gasteiger partial charge < -0.3 is 25.3 Å². The first-order valence-corrected chi connectivity index (χ1v) is 7.64. The third kappa shape index (κ3) is 5.00. The van der Waals surface area contributed by atoms with Gasteiger partial charge in [0.1, 0.15) is 0 Å². The molecule has 0 unspecified atom stereocenters. The molecular weight excluding hydrogens is 325 g/mol. The molecule has 0 atom stereocenters. The van der Waals surface area contributed by atoms with Crippen LogP contribution in [0, 0.1) is 5.82 Å². The van der Waals surface area contributed by atoms with E-state index in [9.17, 15) is 4.39 Å². The average molecular weight is 347 g/mol. The molecule has 25 heavy (non-hydrogen) atoms. The summed E-state index contributed by atoms with van der Waals surface area (Å²) in [6.07, 6.45) is 0. The van der Waals surface area contributed by atoms with E-state index in [-0.39, 0.29) is 18.3 Å². The summed E-state index contributed by atoms with van der Waals surface area (Å²) < 4.78 is 29.0. The van der Waals surface area contributed by atoms with E-state index in [4.69, 9.17) is 19.9 Å². The molecule has 7 heteroatoms. The summed E-state index contributed by atoms with van der Waals surface area (Å²) in [7, 11) is 4.59. The Morgan fingerprint density at radius 3 is 2.24 bits per heavy atom. The monoisotopic (exact) mass is 347 g/mol. The van der Waals surface area contributed by atoms with Crippen LogP contribution >= 0.6 is 0 Å². The lowest BCUT2D eigenvalue weighted by Crippen LogP contribution is -2.31. The lowest BCUT2D eigenvalue weighted by Gasteiger charge is -2.10. The largest absolute Gasteiger partial charge is 0.494 e. The fourth-order valence-corrected chi connectivity index (χ4v) is 2.22. The second-order valence-corrected chi connectivity index (χ2v) is 5.21. The number of halogens is 1. The molecule has 0 spiro atoms. The van der Waals surface area contributed by atoms with E-state index in [1.807, 2.05) is 18.2 Å². The molecule has 0 aliphatic rings. The zero-order valence-corrected chi connectivity index (χ0v) is 14.5. The van der Waals surface area contributed by atoms with Crippen LogP contribution < -0.4 is 25.3 Å². The summed E-state index contributed by atoms with van der Waals surface area (Å²) in [4.78, 5) is 4.20. The van der Waals surface area contributed by atoms with Crippen molar-refractivity contribution >= 4 is 5.96 Å². The minimum absolute atomic E-state index is 0.201. The molecule has 0 fully saturated rings. The standard InChI is InChI=1S/C18H22FN3O3/c1-23-15-6-4-12(8-14(15)19)10-21-18(20)22-11-13-5-7-16(24-2)17(9-13)25-3/h4-9H,10-11H2,1-3H3,(H3,20,21,22). The van der Waals surface area contributed by atoms with Gasteiger partial charge in [0.15, 0.2) is 29.0 Å². The molecule has 0 saturated carbocycles. The fourth-order valence-electron chi connectivity index (χ4n) is 2.22. The number of nitrogens with two attached hydrogens (primary N) is 1. The molecule has 0 bridgehead atoms. The van der Waals surface area contributed by atoms with Crippen molar-refractivity contribution in [3.8, 4) is 17.2 Å². The van der Waals surface area contributed by atoms with Crippen molar-refractivity contribution in [1.82, 2.24) is 5.32 Å². The fraction of sp³-hybridized carbons (Fsp3) is 0.278. The summed E-state index contributed by atoms with van der Waals surface area (Å²) in [5, 5.41) is 3.01. The van der Waals surface area contributed by atoms with Crippen molar-refractivity contribution in [2.75, 3.05) is 21.3 Å². The van der Waals surface area contributed by atoms with Crippen molar-refractivity contribution in [2.45, 2.75) is 13.1 Å². The second-order valence-electron chi connectivity index (χ2n) is 5.21. The lowest BCUT2D eigenvalue weighted by molar-refractivity contribution is 0.354. The van der Waals surface area contributed by atoms with Gasteiger partial charge in [-0.2, -0.15) is 0 Å². The molecule has 0 aromatic heterocycles. The number of ether oxygens (including phenoxy) is 3. The molecule has 2 rings (SSSR count). The summed E-state index contributed by atoms with van der Waals surface area (Å²) in [6.45, 7) is 0.748. The number of nitrogens with one attached hydrogen (secondary N) is 1. The van der Waals surface area contributed by atoms with Gasteiger partial charge in [0.05, 0.1) is 27.9 Å². The van der Waals surface area contributed by atoms with Crippen LogP contribution in [-0.2, 0) is 13.1 Å². The molecule has 2 aromatic carbocycles. The van der Waals surface area contributed by atoms with Crippen molar-refractivity contribution in [3.05, 3.63) is 53.3 Å². The van der Waals surface area contributed by atoms with Crippen molar-refractivity contribution in [2.24, 2.45) is 10.7 Å². The molecular formula is C18H22FN3O3. The average Bonchev–Trinajstić information content (AvgIpc) is 2.64. The van der Waals surface area contributed by atoms with Gasteiger partial charge in [0, 0.05) is 6.54 Å². The molecule has 0 amide bonds. The first-order valence-electron chi connectivity index (χ1n) is 7.64. The highest BCUT2D eigenvalue weighted by atomic mass is 19.1. The second kappa shape index (κ2) is 8.77. The number of hydrogen-bond acceptors (Lipinski definition) is 4. The maximum Gasteiger partial charge on any atom is 0.189 e. The number of guanidine groups is 1. The normalized spacial score (nSPS) is 11.1. The van der Waals surface area contributed by atoms with E-state index < -0.39 is 5.82 Å². The summed E-state index contributed by atoms with van der Waals surface area (Å²) >= 11 is 0. The quantitative estimate of drug-likeness (QED) is 0.594. The number of benzene rings is 2. The highest BCUT2D eigenvalue weighted by Gasteiger charge is 2.05. The Bertz CT molecular complexity index is 750. The van der Waals surface area contributed by atoms with Gasteiger partial charge in [0.25, 0.3) is 0 Å². The van der Waals surface area contributed by atoms with Crippen LogP contribution in [0.4, 0.5) is 4.39 Å². The summed E-state index contributed by atoms with van der Waals surface area (Å²) in [5.74, 6) is 1.35. The van der Waals surface area contributed by atoms with Gasteiger partial charge in [-0.25, -0.2) is 9.38 Å². The molecule has 3 N–H and O–H groups in total. The van der Waals surface area contributed by atoms with Gasteiger partial charge in [-0.15, -0.1) is 0 Å². The topological polar surface area (TPSA) is 78.1 Å². The molecule has 0 aliphatic heterocycles. The third-order valence-corrected chi connectivity index (χ3v) is 3.57. The maximum absolute atomic E-state index is 13.6. The van der Waals surface area contributed by atoms with E-state index >= 15 is 0 Å².